The highest BCUT2D eigenvalue weighted by Crippen LogP contribution is 2.34. The van der Waals surface area contributed by atoms with Crippen molar-refractivity contribution in [2.45, 2.75) is 32.7 Å². The molecule has 2 N–H and O–H groups in total. The van der Waals surface area contributed by atoms with Gasteiger partial charge in [0.25, 0.3) is 0 Å². The average Bonchev–Trinajstić information content (AvgIpc) is 2.73. The normalized spacial score (nSPS) is 18.2. The molecule has 1 unspecified atom stereocenters. The Hall–Kier alpha value is -1.81. The van der Waals surface area contributed by atoms with Gasteiger partial charge in [-0.15, -0.1) is 0 Å². The van der Waals surface area contributed by atoms with Crippen LogP contribution in [0.1, 0.15) is 35.0 Å². The van der Waals surface area contributed by atoms with Gasteiger partial charge in [0.05, 0.1) is 12.2 Å². The maximum absolute atomic E-state index is 11.2. The highest BCUT2D eigenvalue weighted by atomic mass is 16.4. The highest BCUT2D eigenvalue weighted by molar-refractivity contribution is 5.95. The first-order valence-corrected chi connectivity index (χ1v) is 7.10. The number of aromatic carboxylic acids is 1. The van der Waals surface area contributed by atoms with E-state index in [1.54, 1.807) is 12.1 Å². The number of fused-ring (bicyclic) bond motifs is 3. The third-order valence-corrected chi connectivity index (χ3v) is 4.28. The molecule has 1 aromatic heterocycles. The van der Waals surface area contributed by atoms with E-state index in [1.165, 1.54) is 11.3 Å². The largest absolute Gasteiger partial charge is 0.478 e. The summed E-state index contributed by atoms with van der Waals surface area (Å²) in [5.74, 6) is -0.261. The van der Waals surface area contributed by atoms with E-state index < -0.39 is 5.97 Å². The standard InChI is InChI=1S/C16H19NO3/c1-10-2-4-14-12(8-10)13-9-11(16(19)20)3-5-15(13)17(14)6-7-18/h3,5,9-10,18H,2,4,6-8H2,1H3,(H,19,20). The molecule has 0 radical (unpaired) electrons. The minimum atomic E-state index is -0.889. The molecule has 1 aromatic carbocycles. The lowest BCUT2D eigenvalue weighted by molar-refractivity contribution is 0.0697. The molecule has 20 heavy (non-hydrogen) atoms. The number of aliphatic hydroxyl groups excluding tert-OH is 1. The van der Waals surface area contributed by atoms with Crippen molar-refractivity contribution in [3.8, 4) is 0 Å². The van der Waals surface area contributed by atoms with Crippen molar-refractivity contribution < 1.29 is 15.0 Å². The van der Waals surface area contributed by atoms with Crippen LogP contribution < -0.4 is 0 Å². The van der Waals surface area contributed by atoms with Gasteiger partial charge in [-0.05, 0) is 48.9 Å². The number of hydrogen-bond donors (Lipinski definition) is 2. The molecule has 4 heteroatoms. The molecule has 0 amide bonds. The van der Waals surface area contributed by atoms with Crippen LogP contribution in [0.5, 0.6) is 0 Å². The number of benzene rings is 1. The van der Waals surface area contributed by atoms with Crippen LogP contribution in [0.2, 0.25) is 0 Å². The van der Waals surface area contributed by atoms with Gasteiger partial charge < -0.3 is 14.8 Å². The van der Waals surface area contributed by atoms with E-state index in [0.717, 1.165) is 30.2 Å². The van der Waals surface area contributed by atoms with Gasteiger partial charge in [-0.25, -0.2) is 4.79 Å². The van der Waals surface area contributed by atoms with E-state index in [2.05, 4.69) is 11.5 Å². The molecule has 0 bridgehead atoms. The maximum Gasteiger partial charge on any atom is 0.335 e. The van der Waals surface area contributed by atoms with E-state index in [9.17, 15) is 9.90 Å². The summed E-state index contributed by atoms with van der Waals surface area (Å²) >= 11 is 0. The summed E-state index contributed by atoms with van der Waals surface area (Å²) in [6.07, 6.45) is 3.15. The van der Waals surface area contributed by atoms with Crippen molar-refractivity contribution in [3.63, 3.8) is 0 Å². The number of aromatic nitrogens is 1. The summed E-state index contributed by atoms with van der Waals surface area (Å²) in [6, 6.07) is 5.30. The molecular weight excluding hydrogens is 254 g/mol. The summed E-state index contributed by atoms with van der Waals surface area (Å²) in [4.78, 5) is 11.2. The molecule has 0 saturated heterocycles. The molecule has 2 aromatic rings. The van der Waals surface area contributed by atoms with Gasteiger partial charge in [-0.2, -0.15) is 0 Å². The SMILES string of the molecule is CC1CCc2c(c3cc(C(=O)O)ccc3n2CCO)C1. The summed E-state index contributed by atoms with van der Waals surface area (Å²) < 4.78 is 2.15. The molecule has 1 heterocycles. The maximum atomic E-state index is 11.2. The molecule has 106 valence electrons. The molecule has 1 aliphatic carbocycles. The highest BCUT2D eigenvalue weighted by Gasteiger charge is 2.23. The van der Waals surface area contributed by atoms with Crippen LogP contribution >= 0.6 is 0 Å². The molecule has 0 aliphatic heterocycles. The molecule has 1 aliphatic rings. The quantitative estimate of drug-likeness (QED) is 0.903. The number of carboxylic acids is 1. The third kappa shape index (κ3) is 2.00. The molecule has 0 saturated carbocycles. The Morgan fingerprint density at radius 1 is 1.45 bits per heavy atom. The van der Waals surface area contributed by atoms with Gasteiger partial charge in [-0.3, -0.25) is 0 Å². The van der Waals surface area contributed by atoms with Crippen molar-refractivity contribution in [3.05, 3.63) is 35.0 Å². The molecule has 3 rings (SSSR count). The van der Waals surface area contributed by atoms with Crippen LogP contribution in [0, 0.1) is 5.92 Å². The lowest BCUT2D eigenvalue weighted by atomic mass is 9.87. The molecular formula is C16H19NO3. The first-order chi connectivity index (χ1) is 9.61. The first kappa shape index (κ1) is 13.2. The molecule has 1 atom stereocenters. The van der Waals surface area contributed by atoms with Gasteiger partial charge in [0.2, 0.25) is 0 Å². The zero-order valence-electron chi connectivity index (χ0n) is 11.6. The van der Waals surface area contributed by atoms with Gasteiger partial charge >= 0.3 is 5.97 Å². The topological polar surface area (TPSA) is 62.5 Å². The van der Waals surface area contributed by atoms with Crippen molar-refractivity contribution in [1.82, 2.24) is 4.57 Å². The van der Waals surface area contributed by atoms with Crippen molar-refractivity contribution >= 4 is 16.9 Å². The molecule has 0 fully saturated rings. The Kier molecular flexibility index (Phi) is 3.26. The second kappa shape index (κ2) is 4.94. The van der Waals surface area contributed by atoms with Crippen molar-refractivity contribution in [2.24, 2.45) is 5.92 Å². The minimum absolute atomic E-state index is 0.104. The average molecular weight is 273 g/mol. The van der Waals surface area contributed by atoms with E-state index in [-0.39, 0.29) is 6.61 Å². The minimum Gasteiger partial charge on any atom is -0.478 e. The summed E-state index contributed by atoms with van der Waals surface area (Å²) in [5.41, 5.74) is 3.92. The van der Waals surface area contributed by atoms with Gasteiger partial charge in [0.15, 0.2) is 0 Å². The Balaban J connectivity index is 2.25. The number of aliphatic hydroxyl groups is 1. The van der Waals surface area contributed by atoms with Gasteiger partial charge in [0, 0.05) is 23.1 Å². The number of nitrogens with zero attached hydrogens (tertiary/aromatic N) is 1. The fraction of sp³-hybridized carbons (Fsp3) is 0.438. The lowest BCUT2D eigenvalue weighted by Crippen LogP contribution is -2.14. The van der Waals surface area contributed by atoms with Crippen LogP contribution in [0.25, 0.3) is 10.9 Å². The monoisotopic (exact) mass is 273 g/mol. The zero-order chi connectivity index (χ0) is 14.3. The summed E-state index contributed by atoms with van der Waals surface area (Å²) in [5, 5.41) is 19.5. The van der Waals surface area contributed by atoms with E-state index in [0.29, 0.717) is 18.0 Å². The predicted molar refractivity (Wildman–Crippen MR) is 77.2 cm³/mol. The summed E-state index contributed by atoms with van der Waals surface area (Å²) in [6.45, 7) is 2.91. The van der Waals surface area contributed by atoms with Crippen LogP contribution in [0.3, 0.4) is 0 Å². The van der Waals surface area contributed by atoms with Crippen molar-refractivity contribution in [2.75, 3.05) is 6.61 Å². The second-order valence-electron chi connectivity index (χ2n) is 5.69. The number of carbonyl (C=O) groups is 1. The van der Waals surface area contributed by atoms with Gasteiger partial charge in [0.1, 0.15) is 0 Å². The first-order valence-electron chi connectivity index (χ1n) is 7.10. The fourth-order valence-corrected chi connectivity index (χ4v) is 3.31. The number of hydrogen-bond acceptors (Lipinski definition) is 2. The lowest BCUT2D eigenvalue weighted by Gasteiger charge is -2.20. The third-order valence-electron chi connectivity index (χ3n) is 4.28. The van der Waals surface area contributed by atoms with E-state index >= 15 is 0 Å². The van der Waals surface area contributed by atoms with Crippen LogP contribution in [0.15, 0.2) is 18.2 Å². The second-order valence-corrected chi connectivity index (χ2v) is 5.69. The number of rotatable bonds is 3. The van der Waals surface area contributed by atoms with Crippen LogP contribution in [-0.2, 0) is 19.4 Å². The molecule has 4 nitrogen and oxygen atoms in total. The smallest absolute Gasteiger partial charge is 0.335 e. The Labute approximate surface area is 117 Å². The zero-order valence-corrected chi connectivity index (χ0v) is 11.6. The van der Waals surface area contributed by atoms with Crippen LogP contribution in [0.4, 0.5) is 0 Å². The number of carboxylic acid groups (broad SMARTS) is 1. The Morgan fingerprint density at radius 2 is 2.25 bits per heavy atom. The fourth-order valence-electron chi connectivity index (χ4n) is 3.31. The summed E-state index contributed by atoms with van der Waals surface area (Å²) in [7, 11) is 0. The Morgan fingerprint density at radius 3 is 2.95 bits per heavy atom. The van der Waals surface area contributed by atoms with Gasteiger partial charge in [-0.1, -0.05) is 6.92 Å². The van der Waals surface area contributed by atoms with Crippen molar-refractivity contribution in [1.29, 1.82) is 0 Å². The Bertz CT molecular complexity index is 672. The molecule has 0 spiro atoms. The van der Waals surface area contributed by atoms with E-state index in [4.69, 9.17) is 5.11 Å². The van der Waals surface area contributed by atoms with Crippen LogP contribution in [-0.4, -0.2) is 27.4 Å². The predicted octanol–water partition coefficient (Wildman–Crippen LogP) is 2.46. The van der Waals surface area contributed by atoms with E-state index in [1.807, 2.05) is 6.07 Å².